The summed E-state index contributed by atoms with van der Waals surface area (Å²) in [6, 6.07) is 6.72. The molecular weight excluding hydrogens is 280 g/mol. The molecule has 0 unspecified atom stereocenters. The third kappa shape index (κ3) is 6.27. The van der Waals surface area contributed by atoms with E-state index in [-0.39, 0.29) is 0 Å². The first-order valence-electron chi connectivity index (χ1n) is 8.07. The van der Waals surface area contributed by atoms with Crippen LogP contribution in [0.1, 0.15) is 47.1 Å². The number of nitrogens with one attached hydrogen (secondary N) is 1. The summed E-state index contributed by atoms with van der Waals surface area (Å²) in [6.07, 6.45) is 0. The monoisotopic (exact) mass is 310 g/mol. The fraction of sp³-hybridized carbons (Fsp3) is 0.667. The third-order valence-corrected chi connectivity index (χ3v) is 3.65. The van der Waals surface area contributed by atoms with Gasteiger partial charge in [0.25, 0.3) is 0 Å². The van der Waals surface area contributed by atoms with Crippen LogP contribution in [-0.2, 0) is 6.54 Å². The molecule has 1 N–H and O–H groups in total. The van der Waals surface area contributed by atoms with E-state index in [1.807, 2.05) is 6.07 Å². The van der Waals surface area contributed by atoms with E-state index in [2.05, 4.69) is 63.9 Å². The highest BCUT2D eigenvalue weighted by Gasteiger charge is 2.16. The lowest BCUT2D eigenvalue weighted by molar-refractivity contribution is 0.545. The normalized spacial score (nSPS) is 11.7. The number of anilines is 1. The fourth-order valence-electron chi connectivity index (χ4n) is 2.43. The molecule has 1 aromatic rings. The summed E-state index contributed by atoms with van der Waals surface area (Å²) in [5.41, 5.74) is 2.59. The van der Waals surface area contributed by atoms with Crippen LogP contribution in [0.3, 0.4) is 0 Å². The van der Waals surface area contributed by atoms with Gasteiger partial charge < -0.3 is 10.2 Å². The molecule has 0 spiro atoms. The Balaban J connectivity index is 2.97. The minimum atomic E-state index is 0.467. The lowest BCUT2D eigenvalue weighted by Gasteiger charge is -2.33. The summed E-state index contributed by atoms with van der Waals surface area (Å²) in [7, 11) is 0. The molecule has 2 nitrogen and oxygen atoms in total. The van der Waals surface area contributed by atoms with Crippen molar-refractivity contribution in [3.05, 3.63) is 28.8 Å². The number of nitrogens with zero attached hydrogens (tertiary/aromatic N) is 1. The molecule has 0 aliphatic rings. The Morgan fingerprint density at radius 1 is 1.05 bits per heavy atom. The van der Waals surface area contributed by atoms with Crippen LogP contribution >= 0.6 is 11.6 Å². The van der Waals surface area contributed by atoms with Gasteiger partial charge in [-0.1, -0.05) is 45.4 Å². The van der Waals surface area contributed by atoms with Crippen LogP contribution in [0.4, 0.5) is 5.69 Å². The van der Waals surface area contributed by atoms with Crippen molar-refractivity contribution in [1.29, 1.82) is 0 Å². The van der Waals surface area contributed by atoms with Gasteiger partial charge in [-0.25, -0.2) is 0 Å². The molecule has 0 aromatic heterocycles. The molecule has 3 heteroatoms. The van der Waals surface area contributed by atoms with E-state index >= 15 is 0 Å². The lowest BCUT2D eigenvalue weighted by atomic mass is 10.1. The van der Waals surface area contributed by atoms with Crippen molar-refractivity contribution in [2.45, 2.75) is 54.1 Å². The summed E-state index contributed by atoms with van der Waals surface area (Å²) < 4.78 is 0. The van der Waals surface area contributed by atoms with E-state index in [0.29, 0.717) is 17.9 Å². The number of rotatable bonds is 8. The van der Waals surface area contributed by atoms with Crippen molar-refractivity contribution in [3.63, 3.8) is 0 Å². The van der Waals surface area contributed by atoms with Gasteiger partial charge in [0, 0.05) is 29.8 Å². The highest BCUT2D eigenvalue weighted by Crippen LogP contribution is 2.27. The van der Waals surface area contributed by atoms with E-state index in [1.54, 1.807) is 0 Å². The molecule has 0 fully saturated rings. The Morgan fingerprint density at radius 3 is 2.24 bits per heavy atom. The highest BCUT2D eigenvalue weighted by molar-refractivity contribution is 6.30. The molecule has 0 amide bonds. The highest BCUT2D eigenvalue weighted by atomic mass is 35.5. The Hall–Kier alpha value is -0.730. The number of hydrogen-bond donors (Lipinski definition) is 1. The molecule has 1 aromatic carbocycles. The van der Waals surface area contributed by atoms with Crippen molar-refractivity contribution in [2.24, 2.45) is 11.8 Å². The van der Waals surface area contributed by atoms with Crippen LogP contribution in [0, 0.1) is 11.8 Å². The molecule has 0 aliphatic heterocycles. The smallest absolute Gasteiger partial charge is 0.0429 e. The Kier molecular flexibility index (Phi) is 7.55. The molecular formula is C18H31ClN2. The van der Waals surface area contributed by atoms with Crippen LogP contribution in [0.25, 0.3) is 0 Å². The fourth-order valence-corrected chi connectivity index (χ4v) is 2.60. The molecule has 0 saturated heterocycles. The maximum absolute atomic E-state index is 6.24. The van der Waals surface area contributed by atoms with Crippen molar-refractivity contribution in [3.8, 4) is 0 Å². The van der Waals surface area contributed by atoms with Crippen LogP contribution < -0.4 is 10.2 Å². The van der Waals surface area contributed by atoms with E-state index in [0.717, 1.165) is 24.7 Å². The average molecular weight is 311 g/mol. The van der Waals surface area contributed by atoms with Gasteiger partial charge in [-0.3, -0.25) is 0 Å². The molecule has 0 bridgehead atoms. The van der Waals surface area contributed by atoms with E-state index in [4.69, 9.17) is 11.6 Å². The first-order chi connectivity index (χ1) is 9.81. The predicted molar refractivity (Wildman–Crippen MR) is 95.3 cm³/mol. The molecule has 120 valence electrons. The summed E-state index contributed by atoms with van der Waals surface area (Å²) in [5.74, 6) is 1.29. The first kappa shape index (κ1) is 18.3. The summed E-state index contributed by atoms with van der Waals surface area (Å²) in [5, 5.41) is 4.35. The number of hydrogen-bond acceptors (Lipinski definition) is 2. The first-order valence-corrected chi connectivity index (χ1v) is 8.44. The minimum Gasteiger partial charge on any atom is -0.369 e. The number of benzene rings is 1. The van der Waals surface area contributed by atoms with Crippen molar-refractivity contribution in [2.75, 3.05) is 18.0 Å². The Bertz CT molecular complexity index is 427. The maximum atomic E-state index is 6.24. The Labute approximate surface area is 135 Å². The molecule has 0 heterocycles. The molecule has 21 heavy (non-hydrogen) atoms. The second kappa shape index (κ2) is 8.65. The van der Waals surface area contributed by atoms with Crippen LogP contribution in [0.15, 0.2) is 18.2 Å². The van der Waals surface area contributed by atoms with Gasteiger partial charge >= 0.3 is 0 Å². The Morgan fingerprint density at radius 2 is 1.71 bits per heavy atom. The van der Waals surface area contributed by atoms with Crippen molar-refractivity contribution >= 4 is 17.3 Å². The minimum absolute atomic E-state index is 0.467. The van der Waals surface area contributed by atoms with E-state index < -0.39 is 0 Å². The predicted octanol–water partition coefficient (Wildman–Crippen LogP) is 4.96. The van der Waals surface area contributed by atoms with Gasteiger partial charge in [0.2, 0.25) is 0 Å². The molecule has 0 radical (unpaired) electrons. The molecule has 0 aliphatic carbocycles. The number of halogens is 1. The summed E-state index contributed by atoms with van der Waals surface area (Å²) >= 11 is 6.24. The van der Waals surface area contributed by atoms with Crippen molar-refractivity contribution < 1.29 is 0 Å². The zero-order chi connectivity index (χ0) is 16.0. The quantitative estimate of drug-likeness (QED) is 0.730. The zero-order valence-corrected chi connectivity index (χ0v) is 15.2. The van der Waals surface area contributed by atoms with Gasteiger partial charge in [0.1, 0.15) is 0 Å². The zero-order valence-electron chi connectivity index (χ0n) is 14.4. The molecule has 0 saturated carbocycles. The summed E-state index contributed by atoms with van der Waals surface area (Å²) in [6.45, 7) is 16.5. The lowest BCUT2D eigenvalue weighted by Crippen LogP contribution is -2.35. The van der Waals surface area contributed by atoms with Crippen molar-refractivity contribution in [1.82, 2.24) is 5.32 Å². The molecule has 1 rings (SSSR count). The van der Waals surface area contributed by atoms with Gasteiger partial charge in [-0.15, -0.1) is 0 Å². The second-order valence-corrected chi connectivity index (χ2v) is 7.37. The summed E-state index contributed by atoms with van der Waals surface area (Å²) in [4.78, 5) is 2.46. The van der Waals surface area contributed by atoms with Crippen LogP contribution in [0.2, 0.25) is 5.02 Å². The van der Waals surface area contributed by atoms with Crippen LogP contribution in [-0.4, -0.2) is 19.1 Å². The van der Waals surface area contributed by atoms with Crippen LogP contribution in [0.5, 0.6) is 0 Å². The largest absolute Gasteiger partial charge is 0.369 e. The SMILES string of the molecule is CC(C)CNCc1ccc(Cl)cc1N(CC(C)C)C(C)C. The van der Waals surface area contributed by atoms with Gasteiger partial charge in [0.15, 0.2) is 0 Å². The maximum Gasteiger partial charge on any atom is 0.0429 e. The third-order valence-electron chi connectivity index (χ3n) is 3.41. The van der Waals surface area contributed by atoms with E-state index in [1.165, 1.54) is 11.3 Å². The van der Waals surface area contributed by atoms with E-state index in [9.17, 15) is 0 Å². The standard InChI is InChI=1S/C18H31ClN2/c1-13(2)10-20-11-16-7-8-17(19)9-18(16)21(15(5)6)12-14(3)4/h7-9,13-15,20H,10-12H2,1-6H3. The topological polar surface area (TPSA) is 15.3 Å². The van der Waals surface area contributed by atoms with Gasteiger partial charge in [-0.2, -0.15) is 0 Å². The van der Waals surface area contributed by atoms with Gasteiger partial charge in [-0.05, 0) is 49.9 Å². The average Bonchev–Trinajstić information content (AvgIpc) is 2.37. The molecule has 0 atom stereocenters. The second-order valence-electron chi connectivity index (χ2n) is 6.94. The van der Waals surface area contributed by atoms with Gasteiger partial charge in [0.05, 0.1) is 0 Å².